The number of nitrogens with zero attached hydrogens (tertiary/aromatic N) is 1. The van der Waals surface area contributed by atoms with E-state index in [9.17, 15) is 0 Å². The molecule has 4 nitrogen and oxygen atoms in total. The van der Waals surface area contributed by atoms with Crippen LogP contribution in [0.5, 0.6) is 17.2 Å². The Morgan fingerprint density at radius 2 is 1.79 bits per heavy atom. The van der Waals surface area contributed by atoms with Crippen LogP contribution in [0.25, 0.3) is 0 Å². The normalized spacial score (nSPS) is 17.7. The van der Waals surface area contributed by atoms with E-state index in [0.717, 1.165) is 30.3 Å². The van der Waals surface area contributed by atoms with Gasteiger partial charge in [-0.25, -0.2) is 0 Å². The second kappa shape index (κ2) is 7.58. The zero-order valence-corrected chi connectivity index (χ0v) is 14.6. The Morgan fingerprint density at radius 3 is 2.54 bits per heavy atom. The highest BCUT2D eigenvalue weighted by Crippen LogP contribution is 2.37. The van der Waals surface area contributed by atoms with Gasteiger partial charge in [-0.05, 0) is 54.8 Å². The molecule has 0 radical (unpaired) electrons. The Kier molecular flexibility index (Phi) is 5.26. The van der Waals surface area contributed by atoms with Crippen LogP contribution in [0.15, 0.2) is 42.5 Å². The average molecular weight is 327 g/mol. The van der Waals surface area contributed by atoms with E-state index in [-0.39, 0.29) is 0 Å². The first-order valence-corrected chi connectivity index (χ1v) is 8.34. The third-order valence-corrected chi connectivity index (χ3v) is 4.68. The van der Waals surface area contributed by atoms with E-state index in [4.69, 9.17) is 14.2 Å². The fraction of sp³-hybridized carbons (Fsp3) is 0.400. The molecule has 0 amide bonds. The van der Waals surface area contributed by atoms with Crippen molar-refractivity contribution in [3.8, 4) is 17.2 Å². The molecule has 0 aromatic heterocycles. The van der Waals surface area contributed by atoms with E-state index in [1.54, 1.807) is 21.3 Å². The van der Waals surface area contributed by atoms with Gasteiger partial charge in [-0.2, -0.15) is 0 Å². The van der Waals surface area contributed by atoms with Crippen LogP contribution in [0.3, 0.4) is 0 Å². The lowest BCUT2D eigenvalue weighted by atomic mass is 10.0. The van der Waals surface area contributed by atoms with Gasteiger partial charge < -0.3 is 14.2 Å². The van der Waals surface area contributed by atoms with Gasteiger partial charge in [0, 0.05) is 12.6 Å². The molecular weight excluding hydrogens is 302 g/mol. The monoisotopic (exact) mass is 327 g/mol. The molecule has 2 aromatic rings. The number of benzene rings is 2. The summed E-state index contributed by atoms with van der Waals surface area (Å²) >= 11 is 0. The van der Waals surface area contributed by atoms with Crippen molar-refractivity contribution in [2.24, 2.45) is 0 Å². The Hall–Kier alpha value is -2.20. The minimum Gasteiger partial charge on any atom is -0.497 e. The van der Waals surface area contributed by atoms with Gasteiger partial charge in [0.15, 0.2) is 11.5 Å². The van der Waals surface area contributed by atoms with Crippen molar-refractivity contribution < 1.29 is 14.2 Å². The zero-order valence-electron chi connectivity index (χ0n) is 14.6. The molecule has 0 saturated carbocycles. The first-order valence-electron chi connectivity index (χ1n) is 8.34. The molecule has 0 bridgehead atoms. The summed E-state index contributed by atoms with van der Waals surface area (Å²) in [5, 5.41) is 0. The zero-order chi connectivity index (χ0) is 16.9. The molecule has 1 fully saturated rings. The van der Waals surface area contributed by atoms with Gasteiger partial charge in [-0.1, -0.05) is 18.2 Å². The van der Waals surface area contributed by atoms with Crippen LogP contribution >= 0.6 is 0 Å². The van der Waals surface area contributed by atoms with Gasteiger partial charge in [0.1, 0.15) is 5.75 Å². The highest BCUT2D eigenvalue weighted by molar-refractivity contribution is 5.44. The molecule has 24 heavy (non-hydrogen) atoms. The summed E-state index contributed by atoms with van der Waals surface area (Å²) in [4.78, 5) is 2.52. The standard InChI is InChI=1S/C20H25NO3/c1-22-17-7-4-6-15(12-17)14-21-11-5-8-18(21)16-9-10-19(23-2)20(13-16)24-3/h4,6-7,9-10,12-13,18H,5,8,11,14H2,1-3H3. The van der Waals surface area contributed by atoms with Crippen LogP contribution in [0.4, 0.5) is 0 Å². The summed E-state index contributed by atoms with van der Waals surface area (Å²) in [6.45, 7) is 2.03. The summed E-state index contributed by atoms with van der Waals surface area (Å²) in [6, 6.07) is 15.0. The van der Waals surface area contributed by atoms with E-state index < -0.39 is 0 Å². The fourth-order valence-corrected chi connectivity index (χ4v) is 3.46. The SMILES string of the molecule is COc1cccc(CN2CCCC2c2ccc(OC)c(OC)c2)c1. The van der Waals surface area contributed by atoms with Crippen molar-refractivity contribution >= 4 is 0 Å². The van der Waals surface area contributed by atoms with Crippen molar-refractivity contribution in [3.63, 3.8) is 0 Å². The van der Waals surface area contributed by atoms with Crippen LogP contribution < -0.4 is 14.2 Å². The second-order valence-corrected chi connectivity index (χ2v) is 6.09. The second-order valence-electron chi connectivity index (χ2n) is 6.09. The number of ether oxygens (including phenoxy) is 3. The van der Waals surface area contributed by atoms with E-state index in [1.165, 1.54) is 24.0 Å². The van der Waals surface area contributed by atoms with E-state index in [1.807, 2.05) is 12.1 Å². The third kappa shape index (κ3) is 3.49. The van der Waals surface area contributed by atoms with Crippen LogP contribution in [0, 0.1) is 0 Å². The van der Waals surface area contributed by atoms with Crippen molar-refractivity contribution in [1.82, 2.24) is 4.90 Å². The number of rotatable bonds is 6. The maximum atomic E-state index is 5.46. The smallest absolute Gasteiger partial charge is 0.161 e. The van der Waals surface area contributed by atoms with Crippen molar-refractivity contribution in [1.29, 1.82) is 0 Å². The highest BCUT2D eigenvalue weighted by atomic mass is 16.5. The lowest BCUT2D eigenvalue weighted by Gasteiger charge is -2.25. The fourth-order valence-electron chi connectivity index (χ4n) is 3.46. The molecule has 1 aliphatic heterocycles. The van der Waals surface area contributed by atoms with E-state index >= 15 is 0 Å². The van der Waals surface area contributed by atoms with Crippen LogP contribution in [0.2, 0.25) is 0 Å². The lowest BCUT2D eigenvalue weighted by Crippen LogP contribution is -2.22. The molecule has 2 aromatic carbocycles. The van der Waals surface area contributed by atoms with Crippen LogP contribution in [0.1, 0.15) is 30.0 Å². The first-order chi connectivity index (χ1) is 11.7. The lowest BCUT2D eigenvalue weighted by molar-refractivity contribution is 0.247. The quantitative estimate of drug-likeness (QED) is 0.801. The van der Waals surface area contributed by atoms with Crippen LogP contribution in [-0.4, -0.2) is 32.8 Å². The minimum absolute atomic E-state index is 0.413. The van der Waals surface area contributed by atoms with E-state index in [0.29, 0.717) is 6.04 Å². The molecular formula is C20H25NO3. The molecule has 0 spiro atoms. The van der Waals surface area contributed by atoms with Crippen molar-refractivity contribution in [2.45, 2.75) is 25.4 Å². The Bertz CT molecular complexity index is 686. The molecule has 3 rings (SSSR count). The number of hydrogen-bond acceptors (Lipinski definition) is 4. The Labute approximate surface area is 144 Å². The minimum atomic E-state index is 0.413. The number of hydrogen-bond donors (Lipinski definition) is 0. The van der Waals surface area contributed by atoms with Crippen molar-refractivity contribution in [3.05, 3.63) is 53.6 Å². The Balaban J connectivity index is 1.80. The average Bonchev–Trinajstić information content (AvgIpc) is 3.09. The third-order valence-electron chi connectivity index (χ3n) is 4.68. The van der Waals surface area contributed by atoms with Crippen molar-refractivity contribution in [2.75, 3.05) is 27.9 Å². The number of likely N-dealkylation sites (tertiary alicyclic amines) is 1. The van der Waals surface area contributed by atoms with Gasteiger partial charge in [0.05, 0.1) is 21.3 Å². The van der Waals surface area contributed by atoms with Gasteiger partial charge >= 0.3 is 0 Å². The summed E-state index contributed by atoms with van der Waals surface area (Å²) in [5.74, 6) is 2.48. The summed E-state index contributed by atoms with van der Waals surface area (Å²) in [7, 11) is 5.06. The predicted molar refractivity (Wildman–Crippen MR) is 94.9 cm³/mol. The largest absolute Gasteiger partial charge is 0.497 e. The Morgan fingerprint density at radius 1 is 0.958 bits per heavy atom. The summed E-state index contributed by atoms with van der Waals surface area (Å²) < 4.78 is 16.1. The molecule has 1 unspecified atom stereocenters. The molecule has 1 saturated heterocycles. The summed E-state index contributed by atoms with van der Waals surface area (Å²) in [6.07, 6.45) is 2.38. The maximum Gasteiger partial charge on any atom is 0.161 e. The van der Waals surface area contributed by atoms with Gasteiger partial charge in [0.25, 0.3) is 0 Å². The topological polar surface area (TPSA) is 30.9 Å². The molecule has 1 atom stereocenters. The first kappa shape index (κ1) is 16.7. The van der Waals surface area contributed by atoms with Gasteiger partial charge in [-0.3, -0.25) is 4.90 Å². The predicted octanol–water partition coefficient (Wildman–Crippen LogP) is 4.05. The molecule has 1 aliphatic rings. The highest BCUT2D eigenvalue weighted by Gasteiger charge is 2.26. The van der Waals surface area contributed by atoms with Gasteiger partial charge in [0.2, 0.25) is 0 Å². The molecule has 0 N–H and O–H groups in total. The maximum absolute atomic E-state index is 5.46. The molecule has 128 valence electrons. The number of methoxy groups -OCH3 is 3. The molecule has 1 heterocycles. The van der Waals surface area contributed by atoms with Gasteiger partial charge in [-0.15, -0.1) is 0 Å². The van der Waals surface area contributed by atoms with Crippen LogP contribution in [-0.2, 0) is 6.54 Å². The van der Waals surface area contributed by atoms with E-state index in [2.05, 4.69) is 35.2 Å². The molecule has 4 heteroatoms. The molecule has 0 aliphatic carbocycles. The summed E-state index contributed by atoms with van der Waals surface area (Å²) in [5.41, 5.74) is 2.56.